The molecule has 0 aliphatic rings. The largest absolute Gasteiger partial charge is 0.369 e. The molecule has 0 aliphatic heterocycles. The number of nitrogens with zero attached hydrogens (tertiary/aromatic N) is 1. The second-order valence-corrected chi connectivity index (χ2v) is 7.86. The molecule has 2 heterocycles. The normalized spacial score (nSPS) is 13.0. The number of amides is 1. The summed E-state index contributed by atoms with van der Waals surface area (Å²) in [7, 11) is 0. The van der Waals surface area contributed by atoms with E-state index in [-0.39, 0.29) is 5.91 Å². The number of carbonyl (C=O) groups excluding carboxylic acids is 1. The van der Waals surface area contributed by atoms with E-state index in [1.165, 1.54) is 21.0 Å². The van der Waals surface area contributed by atoms with E-state index in [0.29, 0.717) is 0 Å². The van der Waals surface area contributed by atoms with Crippen molar-refractivity contribution in [1.82, 2.24) is 4.98 Å². The number of nitrogens with two attached hydrogens (primary N) is 1. The molecule has 0 fully saturated rings. The highest BCUT2D eigenvalue weighted by atomic mass is 32.1. The average Bonchev–Trinajstić information content (AvgIpc) is 3.11. The van der Waals surface area contributed by atoms with Crippen molar-refractivity contribution >= 4 is 38.9 Å². The Morgan fingerprint density at radius 1 is 1.04 bits per heavy atom. The fourth-order valence-electron chi connectivity index (χ4n) is 2.95. The highest BCUT2D eigenvalue weighted by molar-refractivity contribution is 7.11. The summed E-state index contributed by atoms with van der Waals surface area (Å²) >= 11 is 1.71. The molecule has 0 aliphatic carbocycles. The quantitative estimate of drug-likeness (QED) is 0.505. The molecule has 138 valence electrons. The van der Waals surface area contributed by atoms with Gasteiger partial charge in [0.2, 0.25) is 5.91 Å². The average molecular weight is 377 g/mol. The van der Waals surface area contributed by atoms with Crippen molar-refractivity contribution in [2.24, 2.45) is 11.1 Å². The Kier molecular flexibility index (Phi) is 5.87. The highest BCUT2D eigenvalue weighted by Gasteiger charge is 2.30. The third-order valence-corrected chi connectivity index (χ3v) is 6.05. The fraction of sp³-hybridized carbons (Fsp3) is 0.217. The van der Waals surface area contributed by atoms with Crippen LogP contribution in [0.25, 0.3) is 21.7 Å². The number of carbonyl (C=O) groups is 1. The van der Waals surface area contributed by atoms with E-state index in [1.807, 2.05) is 56.4 Å². The number of fused-ring (bicyclic) bond motifs is 2. The van der Waals surface area contributed by atoms with Gasteiger partial charge in [-0.15, -0.1) is 11.3 Å². The Balaban J connectivity index is 0.000000177. The van der Waals surface area contributed by atoms with Gasteiger partial charge in [0.25, 0.3) is 0 Å². The third kappa shape index (κ3) is 4.34. The van der Waals surface area contributed by atoms with Gasteiger partial charge < -0.3 is 5.73 Å². The van der Waals surface area contributed by atoms with Crippen LogP contribution in [0.4, 0.5) is 0 Å². The van der Waals surface area contributed by atoms with Crippen molar-refractivity contribution in [3.8, 4) is 0 Å². The summed E-state index contributed by atoms with van der Waals surface area (Å²) < 4.78 is 0. The van der Waals surface area contributed by atoms with Crippen LogP contribution in [0.3, 0.4) is 0 Å². The monoisotopic (exact) mass is 376 g/mol. The van der Waals surface area contributed by atoms with Gasteiger partial charge in [-0.05, 0) is 41.1 Å². The number of thiophene rings is 1. The second-order valence-electron chi connectivity index (χ2n) is 6.90. The number of pyridine rings is 1. The van der Waals surface area contributed by atoms with E-state index >= 15 is 0 Å². The minimum Gasteiger partial charge on any atom is -0.369 e. The maximum Gasteiger partial charge on any atom is 0.223 e. The summed E-state index contributed by atoms with van der Waals surface area (Å²) in [6.45, 7) is 3.96. The highest BCUT2D eigenvalue weighted by Crippen LogP contribution is 2.33. The molecular weight excluding hydrogens is 352 g/mol. The van der Waals surface area contributed by atoms with Gasteiger partial charge in [0, 0.05) is 16.5 Å². The van der Waals surface area contributed by atoms with Gasteiger partial charge >= 0.3 is 0 Å². The smallest absolute Gasteiger partial charge is 0.223 e. The molecule has 1 amide bonds. The Morgan fingerprint density at radius 2 is 1.70 bits per heavy atom. The van der Waals surface area contributed by atoms with Gasteiger partial charge in [-0.1, -0.05) is 62.4 Å². The van der Waals surface area contributed by atoms with E-state index in [2.05, 4.69) is 34.6 Å². The number of rotatable bonds is 4. The zero-order valence-corrected chi connectivity index (χ0v) is 16.5. The van der Waals surface area contributed by atoms with Crippen LogP contribution in [-0.2, 0) is 11.2 Å². The number of benzene rings is 2. The van der Waals surface area contributed by atoms with Crippen molar-refractivity contribution < 1.29 is 4.79 Å². The second kappa shape index (κ2) is 8.31. The van der Waals surface area contributed by atoms with Crippen LogP contribution >= 0.6 is 11.3 Å². The third-order valence-electron chi connectivity index (χ3n) is 5.03. The van der Waals surface area contributed by atoms with Gasteiger partial charge in [0.1, 0.15) is 0 Å². The van der Waals surface area contributed by atoms with Crippen molar-refractivity contribution in [2.45, 2.75) is 26.7 Å². The lowest BCUT2D eigenvalue weighted by molar-refractivity contribution is -0.126. The molecule has 0 bridgehead atoms. The Labute approximate surface area is 163 Å². The zero-order chi connectivity index (χ0) is 19.3. The van der Waals surface area contributed by atoms with Crippen molar-refractivity contribution in [1.29, 1.82) is 0 Å². The number of para-hydroxylation sites is 1. The molecular formula is C23H24N2OS. The molecule has 27 heavy (non-hydrogen) atoms. The van der Waals surface area contributed by atoms with E-state index in [0.717, 1.165) is 18.4 Å². The summed E-state index contributed by atoms with van der Waals surface area (Å²) in [6, 6.07) is 20.4. The van der Waals surface area contributed by atoms with Crippen LogP contribution in [0.2, 0.25) is 0 Å². The summed E-state index contributed by atoms with van der Waals surface area (Å²) in [5.41, 5.74) is 6.13. The molecule has 1 atom stereocenters. The summed E-state index contributed by atoms with van der Waals surface area (Å²) in [5, 5.41) is 5.83. The van der Waals surface area contributed by atoms with E-state index in [9.17, 15) is 4.79 Å². The first kappa shape index (κ1) is 19.1. The fourth-order valence-corrected chi connectivity index (χ4v) is 4.14. The van der Waals surface area contributed by atoms with Crippen LogP contribution < -0.4 is 5.73 Å². The Bertz CT molecular complexity index is 991. The van der Waals surface area contributed by atoms with Gasteiger partial charge in [-0.2, -0.15) is 0 Å². The van der Waals surface area contributed by atoms with Crippen molar-refractivity contribution in [3.63, 3.8) is 0 Å². The number of primary amides is 1. The Morgan fingerprint density at radius 3 is 2.41 bits per heavy atom. The molecule has 3 nitrogen and oxygen atoms in total. The lowest BCUT2D eigenvalue weighted by Crippen LogP contribution is -2.35. The van der Waals surface area contributed by atoms with Gasteiger partial charge in [-0.25, -0.2) is 0 Å². The predicted octanol–water partition coefficient (Wildman–Crippen LogP) is 5.58. The Hall–Kier alpha value is -2.72. The van der Waals surface area contributed by atoms with Crippen molar-refractivity contribution in [3.05, 3.63) is 77.1 Å². The van der Waals surface area contributed by atoms with Crippen LogP contribution in [0.15, 0.2) is 72.2 Å². The summed E-state index contributed by atoms with van der Waals surface area (Å²) in [5.74, 6) is -0.211. The molecule has 2 aromatic heterocycles. The maximum absolute atomic E-state index is 11.5. The van der Waals surface area contributed by atoms with Crippen LogP contribution in [0, 0.1) is 5.41 Å². The SMILES string of the molecule is CCC(C)(Cc1scc2ccccc12)C(N)=O.c1ccc2ncccc2c1. The van der Waals surface area contributed by atoms with E-state index in [4.69, 9.17) is 5.73 Å². The lowest BCUT2D eigenvalue weighted by atomic mass is 9.82. The number of aromatic nitrogens is 1. The minimum atomic E-state index is -0.437. The van der Waals surface area contributed by atoms with Gasteiger partial charge in [0.15, 0.2) is 0 Å². The standard InChI is InChI=1S/C14H17NOS.C9H7N/c1-3-14(2,13(15)16)8-12-11-7-5-4-6-10(11)9-17-12;1-2-6-9-8(4-1)5-3-7-10-9/h4-7,9H,3,8H2,1-2H3,(H2,15,16);1-7H. The first-order chi connectivity index (χ1) is 13.0. The van der Waals surface area contributed by atoms with E-state index in [1.54, 1.807) is 11.3 Å². The number of hydrogen-bond acceptors (Lipinski definition) is 3. The van der Waals surface area contributed by atoms with Crippen LogP contribution in [0.5, 0.6) is 0 Å². The van der Waals surface area contributed by atoms with Gasteiger partial charge in [0.05, 0.1) is 10.9 Å². The molecule has 0 saturated carbocycles. The predicted molar refractivity (Wildman–Crippen MR) is 115 cm³/mol. The molecule has 0 saturated heterocycles. The summed E-state index contributed by atoms with van der Waals surface area (Å²) in [6.07, 6.45) is 3.31. The van der Waals surface area contributed by atoms with Crippen molar-refractivity contribution in [2.75, 3.05) is 0 Å². The van der Waals surface area contributed by atoms with E-state index < -0.39 is 5.41 Å². The molecule has 4 aromatic rings. The van der Waals surface area contributed by atoms with Crippen LogP contribution in [-0.4, -0.2) is 10.9 Å². The molecule has 4 heteroatoms. The minimum absolute atomic E-state index is 0.211. The molecule has 2 aromatic carbocycles. The van der Waals surface area contributed by atoms with Gasteiger partial charge in [-0.3, -0.25) is 9.78 Å². The molecule has 1 unspecified atom stereocenters. The zero-order valence-electron chi connectivity index (χ0n) is 15.7. The van der Waals surface area contributed by atoms with Crippen LogP contribution in [0.1, 0.15) is 25.1 Å². The first-order valence-electron chi connectivity index (χ1n) is 9.08. The first-order valence-corrected chi connectivity index (χ1v) is 9.96. The summed E-state index contributed by atoms with van der Waals surface area (Å²) in [4.78, 5) is 17.0. The molecule has 4 rings (SSSR count). The topological polar surface area (TPSA) is 56.0 Å². The number of hydrogen-bond donors (Lipinski definition) is 1. The molecule has 0 spiro atoms. The lowest BCUT2D eigenvalue weighted by Gasteiger charge is -2.23. The molecule has 0 radical (unpaired) electrons. The molecule has 2 N–H and O–H groups in total. The maximum atomic E-state index is 11.5.